The molecule has 0 radical (unpaired) electrons. The summed E-state index contributed by atoms with van der Waals surface area (Å²) in [7, 11) is 1.67. The number of nitro benzene ring substituents is 1. The number of nitro groups is 1. The first-order valence-corrected chi connectivity index (χ1v) is 6.44. The van der Waals surface area contributed by atoms with Crippen molar-refractivity contribution >= 4 is 17.3 Å². The maximum absolute atomic E-state index is 12.0. The van der Waals surface area contributed by atoms with E-state index in [0.29, 0.717) is 5.56 Å². The molecule has 0 fully saturated rings. The van der Waals surface area contributed by atoms with Gasteiger partial charge in [-0.05, 0) is 7.05 Å². The van der Waals surface area contributed by atoms with E-state index in [-0.39, 0.29) is 30.2 Å². The van der Waals surface area contributed by atoms with Crippen LogP contribution >= 0.6 is 0 Å². The molecule has 2 rings (SSSR count). The Morgan fingerprint density at radius 1 is 1.60 bits per heavy atom. The average Bonchev–Trinajstić information content (AvgIpc) is 2.44. The molecule has 0 saturated carbocycles. The predicted molar refractivity (Wildman–Crippen MR) is 73.5 cm³/mol. The smallest absolute Gasteiger partial charge is 0.293 e. The first-order chi connectivity index (χ1) is 9.51. The van der Waals surface area contributed by atoms with Crippen LogP contribution in [0.2, 0.25) is 0 Å². The number of para-hydroxylation sites is 1. The highest BCUT2D eigenvalue weighted by atomic mass is 16.6. The van der Waals surface area contributed by atoms with Crippen molar-refractivity contribution in [3.63, 3.8) is 0 Å². The van der Waals surface area contributed by atoms with E-state index in [4.69, 9.17) is 0 Å². The zero-order chi connectivity index (χ0) is 14.9. The van der Waals surface area contributed by atoms with Gasteiger partial charge in [0.25, 0.3) is 5.69 Å². The van der Waals surface area contributed by atoms with Crippen LogP contribution in [0, 0.1) is 10.1 Å². The van der Waals surface area contributed by atoms with Crippen LogP contribution in [0.5, 0.6) is 0 Å². The summed E-state index contributed by atoms with van der Waals surface area (Å²) in [5.41, 5.74) is 0.743. The molecule has 1 amide bonds. The van der Waals surface area contributed by atoms with Gasteiger partial charge in [0, 0.05) is 18.1 Å². The molecule has 1 aromatic carbocycles. The largest absolute Gasteiger partial charge is 0.389 e. The normalized spacial score (nSPS) is 21.4. The van der Waals surface area contributed by atoms with Crippen molar-refractivity contribution in [3.8, 4) is 0 Å². The molecule has 1 aliphatic heterocycles. The van der Waals surface area contributed by atoms with E-state index in [9.17, 15) is 20.0 Å². The number of hydrogen-bond acceptors (Lipinski definition) is 5. The Morgan fingerprint density at radius 2 is 2.30 bits per heavy atom. The minimum absolute atomic E-state index is 0.0516. The number of nitrogens with one attached hydrogen (secondary N) is 1. The molecule has 0 spiro atoms. The van der Waals surface area contributed by atoms with Gasteiger partial charge in [0.1, 0.15) is 5.69 Å². The predicted octanol–water partition coefficient (Wildman–Crippen LogP) is 0.973. The highest BCUT2D eigenvalue weighted by Gasteiger charge is 2.38. The van der Waals surface area contributed by atoms with Crippen molar-refractivity contribution in [1.82, 2.24) is 5.32 Å². The van der Waals surface area contributed by atoms with Gasteiger partial charge in [0.2, 0.25) is 5.91 Å². The molecule has 7 nitrogen and oxygen atoms in total. The average molecular weight is 279 g/mol. The minimum Gasteiger partial charge on any atom is -0.389 e. The van der Waals surface area contributed by atoms with Crippen LogP contribution in [-0.4, -0.2) is 35.6 Å². The lowest BCUT2D eigenvalue weighted by molar-refractivity contribution is -0.384. The second-order valence-electron chi connectivity index (χ2n) is 4.66. The molecule has 0 aromatic heterocycles. The van der Waals surface area contributed by atoms with Gasteiger partial charge in [-0.1, -0.05) is 19.1 Å². The summed E-state index contributed by atoms with van der Waals surface area (Å²) in [6.07, 6.45) is -0.576. The third-order valence-electron chi connectivity index (χ3n) is 3.52. The Hall–Kier alpha value is -1.99. The van der Waals surface area contributed by atoms with Crippen LogP contribution in [0.3, 0.4) is 0 Å². The van der Waals surface area contributed by atoms with Crippen molar-refractivity contribution in [1.29, 1.82) is 0 Å². The van der Waals surface area contributed by atoms with Crippen molar-refractivity contribution < 1.29 is 14.8 Å². The lowest BCUT2D eigenvalue weighted by atomic mass is 9.93. The van der Waals surface area contributed by atoms with Crippen molar-refractivity contribution in [3.05, 3.63) is 33.9 Å². The number of hydrogen-bond donors (Lipinski definition) is 2. The van der Waals surface area contributed by atoms with Gasteiger partial charge >= 0.3 is 0 Å². The molecule has 2 N–H and O–H groups in total. The Bertz CT molecular complexity index is 546. The Kier molecular flexibility index (Phi) is 4.01. The first-order valence-electron chi connectivity index (χ1n) is 6.44. The van der Waals surface area contributed by atoms with Crippen LogP contribution in [0.1, 0.15) is 24.9 Å². The molecule has 7 heteroatoms. The molecule has 0 bridgehead atoms. The summed E-state index contributed by atoms with van der Waals surface area (Å²) in [5, 5.41) is 24.3. The minimum atomic E-state index is -0.801. The van der Waals surface area contributed by atoms with Gasteiger partial charge in [-0.2, -0.15) is 0 Å². The molecule has 1 aliphatic rings. The monoisotopic (exact) mass is 279 g/mol. The first kappa shape index (κ1) is 14.4. The van der Waals surface area contributed by atoms with E-state index in [1.165, 1.54) is 11.0 Å². The fourth-order valence-corrected chi connectivity index (χ4v) is 2.60. The lowest BCUT2D eigenvalue weighted by Gasteiger charge is -2.37. The standard InChI is InChI=1S/C13H17N3O4/c1-3-11(18)15-7-10(17)12(14-2)8-5-4-6-9(13(8)15)16(19)20/h4-6,10,12,14,17H,3,7H2,1-2H3/t10-,12-/m1/s1. The highest BCUT2D eigenvalue weighted by molar-refractivity contribution is 5.97. The summed E-state index contributed by atoms with van der Waals surface area (Å²) in [5.74, 6) is -0.242. The molecule has 0 aliphatic carbocycles. The van der Waals surface area contributed by atoms with Crippen LogP contribution in [-0.2, 0) is 4.79 Å². The SMILES string of the molecule is CCC(=O)N1C[C@@H](O)[C@H](NC)c2cccc([N+](=O)[O-])c21. The summed E-state index contributed by atoms with van der Waals surface area (Å²) >= 11 is 0. The van der Waals surface area contributed by atoms with Gasteiger partial charge in [-0.15, -0.1) is 0 Å². The molecule has 0 unspecified atom stereocenters. The molecule has 1 aromatic rings. The summed E-state index contributed by atoms with van der Waals surface area (Å²) in [6, 6.07) is 4.21. The lowest BCUT2D eigenvalue weighted by Crippen LogP contribution is -2.47. The van der Waals surface area contributed by atoms with E-state index < -0.39 is 17.1 Å². The van der Waals surface area contributed by atoms with Gasteiger partial charge < -0.3 is 15.3 Å². The Balaban J connectivity index is 2.64. The summed E-state index contributed by atoms with van der Waals surface area (Å²) in [6.45, 7) is 1.74. The van der Waals surface area contributed by atoms with E-state index in [1.54, 1.807) is 26.1 Å². The number of carbonyl (C=O) groups excluding carboxylic acids is 1. The number of anilines is 1. The third kappa shape index (κ3) is 2.25. The van der Waals surface area contributed by atoms with Crippen LogP contribution < -0.4 is 10.2 Å². The summed E-state index contributed by atoms with van der Waals surface area (Å²) < 4.78 is 0. The van der Waals surface area contributed by atoms with E-state index >= 15 is 0 Å². The fraction of sp³-hybridized carbons (Fsp3) is 0.462. The molecule has 0 saturated heterocycles. The molecular formula is C13H17N3O4. The maximum atomic E-state index is 12.0. The van der Waals surface area contributed by atoms with Crippen LogP contribution in [0.25, 0.3) is 0 Å². The van der Waals surface area contributed by atoms with Gasteiger partial charge in [0.15, 0.2) is 0 Å². The molecule has 20 heavy (non-hydrogen) atoms. The zero-order valence-electron chi connectivity index (χ0n) is 11.4. The second-order valence-corrected chi connectivity index (χ2v) is 4.66. The zero-order valence-corrected chi connectivity index (χ0v) is 11.4. The van der Waals surface area contributed by atoms with Crippen molar-refractivity contribution in [2.24, 2.45) is 0 Å². The van der Waals surface area contributed by atoms with Gasteiger partial charge in [0.05, 0.1) is 23.6 Å². The molecule has 1 heterocycles. The Labute approximate surface area is 116 Å². The van der Waals surface area contributed by atoms with E-state index in [0.717, 1.165) is 0 Å². The number of β-amino-alcohol motifs (C(OH)–C–C–N with tert-alkyl or cyclic N) is 1. The highest BCUT2D eigenvalue weighted by Crippen LogP contribution is 2.40. The quantitative estimate of drug-likeness (QED) is 0.635. The van der Waals surface area contributed by atoms with Gasteiger partial charge in [-0.25, -0.2) is 0 Å². The molecular weight excluding hydrogens is 262 g/mol. The number of fused-ring (bicyclic) bond motifs is 1. The van der Waals surface area contributed by atoms with Gasteiger partial charge in [-0.3, -0.25) is 14.9 Å². The second kappa shape index (κ2) is 5.56. The fourth-order valence-electron chi connectivity index (χ4n) is 2.60. The third-order valence-corrected chi connectivity index (χ3v) is 3.52. The number of aliphatic hydroxyl groups is 1. The number of carbonyl (C=O) groups is 1. The Morgan fingerprint density at radius 3 is 2.85 bits per heavy atom. The number of benzene rings is 1. The molecule has 2 atom stereocenters. The maximum Gasteiger partial charge on any atom is 0.293 e. The number of likely N-dealkylation sites (N-methyl/N-ethyl adjacent to an activating group) is 1. The van der Waals surface area contributed by atoms with Crippen molar-refractivity contribution in [2.75, 3.05) is 18.5 Å². The molecule has 108 valence electrons. The van der Waals surface area contributed by atoms with Crippen molar-refractivity contribution in [2.45, 2.75) is 25.5 Å². The number of rotatable bonds is 3. The summed E-state index contributed by atoms with van der Waals surface area (Å²) in [4.78, 5) is 24.0. The van der Waals surface area contributed by atoms with Crippen LogP contribution in [0.4, 0.5) is 11.4 Å². The van der Waals surface area contributed by atoms with Crippen LogP contribution in [0.15, 0.2) is 18.2 Å². The van der Waals surface area contributed by atoms with E-state index in [2.05, 4.69) is 5.32 Å². The van der Waals surface area contributed by atoms with E-state index in [1.807, 2.05) is 0 Å². The number of aliphatic hydroxyl groups excluding tert-OH is 1. The number of amides is 1. The number of nitrogens with zero attached hydrogens (tertiary/aromatic N) is 2. The topological polar surface area (TPSA) is 95.7 Å².